The molecule has 0 spiro atoms. The molecule has 0 aromatic heterocycles. The number of hydrogen-bond acceptors (Lipinski definition) is 3. The van der Waals surface area contributed by atoms with Crippen molar-refractivity contribution in [3.63, 3.8) is 0 Å². The number of rotatable bonds is 5. The van der Waals surface area contributed by atoms with Crippen LogP contribution in [0.1, 0.15) is 15.9 Å². The van der Waals surface area contributed by atoms with Crippen LogP contribution in [0.2, 0.25) is 10.0 Å². The smallest absolute Gasteiger partial charge is 0.255 e. The van der Waals surface area contributed by atoms with Gasteiger partial charge in [-0.1, -0.05) is 35.3 Å². The van der Waals surface area contributed by atoms with Crippen LogP contribution in [0.5, 0.6) is 11.5 Å². The van der Waals surface area contributed by atoms with E-state index < -0.39 is 0 Å². The van der Waals surface area contributed by atoms with Gasteiger partial charge in [0.15, 0.2) is 11.5 Å². The molecule has 0 aliphatic carbocycles. The first kappa shape index (κ1) is 17.4. The molecule has 4 nitrogen and oxygen atoms in total. The second-order valence-electron chi connectivity index (χ2n) is 4.94. The highest BCUT2D eigenvalue weighted by Crippen LogP contribution is 2.32. The van der Waals surface area contributed by atoms with Gasteiger partial charge in [0.1, 0.15) is 0 Å². The Morgan fingerprint density at radius 1 is 1.13 bits per heavy atom. The quantitative estimate of drug-likeness (QED) is 0.804. The zero-order valence-electron chi connectivity index (χ0n) is 13.1. The number of ether oxygens (including phenoxy) is 2. The number of carbonyl (C=O) groups excluding carboxylic acids is 1. The van der Waals surface area contributed by atoms with Crippen LogP contribution in [0.4, 0.5) is 0 Å². The van der Waals surface area contributed by atoms with Gasteiger partial charge in [-0.25, -0.2) is 0 Å². The highest BCUT2D eigenvalue weighted by molar-refractivity contribution is 6.35. The molecule has 0 unspecified atom stereocenters. The van der Waals surface area contributed by atoms with Gasteiger partial charge in [-0.3, -0.25) is 4.79 Å². The molecule has 0 aliphatic heterocycles. The molecule has 0 atom stereocenters. The van der Waals surface area contributed by atoms with Gasteiger partial charge < -0.3 is 14.4 Å². The molecule has 0 radical (unpaired) electrons. The van der Waals surface area contributed by atoms with Crippen molar-refractivity contribution in [2.75, 3.05) is 21.3 Å². The van der Waals surface area contributed by atoms with Crippen LogP contribution < -0.4 is 9.47 Å². The first-order valence-corrected chi connectivity index (χ1v) is 7.64. The number of methoxy groups -OCH3 is 2. The summed E-state index contributed by atoms with van der Waals surface area (Å²) in [5.41, 5.74) is 1.20. The van der Waals surface area contributed by atoms with Crippen LogP contribution in [-0.2, 0) is 6.54 Å². The van der Waals surface area contributed by atoms with Crippen molar-refractivity contribution < 1.29 is 14.3 Å². The molecule has 2 aromatic rings. The van der Waals surface area contributed by atoms with E-state index >= 15 is 0 Å². The van der Waals surface area contributed by atoms with Crippen molar-refractivity contribution in [2.45, 2.75) is 6.54 Å². The van der Waals surface area contributed by atoms with E-state index in [2.05, 4.69) is 0 Å². The van der Waals surface area contributed by atoms with Gasteiger partial charge in [-0.15, -0.1) is 0 Å². The molecule has 0 fully saturated rings. The maximum atomic E-state index is 12.6. The van der Waals surface area contributed by atoms with E-state index in [1.165, 1.54) is 0 Å². The predicted octanol–water partition coefficient (Wildman–Crippen LogP) is 4.28. The fraction of sp³-hybridized carbons (Fsp3) is 0.235. The molecule has 6 heteroatoms. The lowest BCUT2D eigenvalue weighted by molar-refractivity contribution is 0.0784. The molecule has 122 valence electrons. The van der Waals surface area contributed by atoms with E-state index in [1.807, 2.05) is 12.1 Å². The summed E-state index contributed by atoms with van der Waals surface area (Å²) in [5, 5.41) is 0.828. The maximum absolute atomic E-state index is 12.6. The number of para-hydroxylation sites is 1. The number of amides is 1. The lowest BCUT2D eigenvalue weighted by Crippen LogP contribution is -2.26. The molecule has 0 aliphatic rings. The van der Waals surface area contributed by atoms with Crippen LogP contribution in [0.25, 0.3) is 0 Å². The second kappa shape index (κ2) is 7.57. The van der Waals surface area contributed by atoms with Crippen LogP contribution in [0, 0.1) is 0 Å². The summed E-state index contributed by atoms with van der Waals surface area (Å²) in [5.74, 6) is 1.00. The summed E-state index contributed by atoms with van der Waals surface area (Å²) in [7, 11) is 4.83. The zero-order chi connectivity index (χ0) is 17.0. The number of carbonyl (C=O) groups is 1. The fourth-order valence-corrected chi connectivity index (χ4v) is 2.64. The van der Waals surface area contributed by atoms with E-state index in [4.69, 9.17) is 32.7 Å². The summed E-state index contributed by atoms with van der Waals surface area (Å²) in [6.07, 6.45) is 0. The van der Waals surface area contributed by atoms with Gasteiger partial charge in [-0.05, 0) is 24.3 Å². The van der Waals surface area contributed by atoms with Crippen molar-refractivity contribution in [1.82, 2.24) is 4.90 Å². The Morgan fingerprint density at radius 3 is 2.52 bits per heavy atom. The summed E-state index contributed by atoms with van der Waals surface area (Å²) < 4.78 is 10.7. The Bertz CT molecular complexity index is 719. The molecule has 2 aromatic carbocycles. The van der Waals surface area contributed by atoms with E-state index in [1.54, 1.807) is 50.4 Å². The Morgan fingerprint density at radius 2 is 1.87 bits per heavy atom. The average Bonchev–Trinajstić information content (AvgIpc) is 2.55. The van der Waals surface area contributed by atoms with Crippen molar-refractivity contribution in [3.8, 4) is 11.5 Å². The number of nitrogens with zero attached hydrogens (tertiary/aromatic N) is 1. The summed E-state index contributed by atoms with van der Waals surface area (Å²) in [6, 6.07) is 10.3. The SMILES string of the molecule is COc1cccc(CN(C)C(=O)c2cc(Cl)ccc2Cl)c1OC. The number of benzene rings is 2. The summed E-state index contributed by atoms with van der Waals surface area (Å²) >= 11 is 12.0. The summed E-state index contributed by atoms with van der Waals surface area (Å²) in [4.78, 5) is 14.1. The standard InChI is InChI=1S/C17H17Cl2NO3/c1-20(17(21)13-9-12(18)7-8-14(13)19)10-11-5-4-6-15(22-2)16(11)23-3/h4-9H,10H2,1-3H3. The van der Waals surface area contributed by atoms with E-state index in [0.29, 0.717) is 33.7 Å². The number of hydrogen-bond donors (Lipinski definition) is 0. The van der Waals surface area contributed by atoms with Crippen molar-refractivity contribution in [2.24, 2.45) is 0 Å². The van der Waals surface area contributed by atoms with Gasteiger partial charge in [0.25, 0.3) is 5.91 Å². The zero-order valence-corrected chi connectivity index (χ0v) is 14.6. The first-order chi connectivity index (χ1) is 11.0. The minimum atomic E-state index is -0.220. The fourth-order valence-electron chi connectivity index (χ4n) is 2.27. The Balaban J connectivity index is 2.27. The Hall–Kier alpha value is -1.91. The van der Waals surface area contributed by atoms with E-state index in [0.717, 1.165) is 5.56 Å². The van der Waals surface area contributed by atoms with Gasteiger partial charge in [0, 0.05) is 24.2 Å². The molecule has 0 N–H and O–H groups in total. The first-order valence-electron chi connectivity index (χ1n) is 6.88. The van der Waals surface area contributed by atoms with Gasteiger partial charge >= 0.3 is 0 Å². The predicted molar refractivity (Wildman–Crippen MR) is 91.8 cm³/mol. The third-order valence-corrected chi connectivity index (χ3v) is 3.96. The van der Waals surface area contributed by atoms with Crippen LogP contribution in [0.3, 0.4) is 0 Å². The second-order valence-corrected chi connectivity index (χ2v) is 5.78. The van der Waals surface area contributed by atoms with Gasteiger partial charge in [-0.2, -0.15) is 0 Å². The molecule has 2 rings (SSSR count). The lowest BCUT2D eigenvalue weighted by atomic mass is 10.1. The molecular weight excluding hydrogens is 337 g/mol. The highest BCUT2D eigenvalue weighted by Gasteiger charge is 2.18. The largest absolute Gasteiger partial charge is 0.493 e. The van der Waals surface area contributed by atoms with Crippen LogP contribution >= 0.6 is 23.2 Å². The van der Waals surface area contributed by atoms with E-state index in [-0.39, 0.29) is 5.91 Å². The number of halogens is 2. The highest BCUT2D eigenvalue weighted by atomic mass is 35.5. The monoisotopic (exact) mass is 353 g/mol. The lowest BCUT2D eigenvalue weighted by Gasteiger charge is -2.20. The topological polar surface area (TPSA) is 38.8 Å². The molecule has 23 heavy (non-hydrogen) atoms. The van der Waals surface area contributed by atoms with Gasteiger partial charge in [0.2, 0.25) is 0 Å². The molecular formula is C17H17Cl2NO3. The molecule has 0 heterocycles. The average molecular weight is 354 g/mol. The summed E-state index contributed by atoms with van der Waals surface area (Å²) in [6.45, 7) is 0.349. The van der Waals surface area contributed by atoms with E-state index in [9.17, 15) is 4.79 Å². The van der Waals surface area contributed by atoms with Gasteiger partial charge in [0.05, 0.1) is 24.8 Å². The Kier molecular flexibility index (Phi) is 5.74. The maximum Gasteiger partial charge on any atom is 0.255 e. The minimum absolute atomic E-state index is 0.220. The van der Waals surface area contributed by atoms with Crippen molar-refractivity contribution >= 4 is 29.1 Å². The van der Waals surface area contributed by atoms with Crippen LogP contribution in [-0.4, -0.2) is 32.1 Å². The minimum Gasteiger partial charge on any atom is -0.493 e. The normalized spacial score (nSPS) is 10.3. The Labute approximate surface area is 145 Å². The third-order valence-electron chi connectivity index (χ3n) is 3.40. The molecule has 0 saturated carbocycles. The molecule has 0 bridgehead atoms. The third kappa shape index (κ3) is 3.89. The molecule has 1 amide bonds. The van der Waals surface area contributed by atoms with Crippen molar-refractivity contribution in [3.05, 3.63) is 57.6 Å². The van der Waals surface area contributed by atoms with Crippen molar-refractivity contribution in [1.29, 1.82) is 0 Å². The molecule has 0 saturated heterocycles. The van der Waals surface area contributed by atoms with Crippen LogP contribution in [0.15, 0.2) is 36.4 Å².